The Morgan fingerprint density at radius 1 is 1.03 bits per heavy atom. The molecule has 4 rings (SSSR count). The van der Waals surface area contributed by atoms with Crippen molar-refractivity contribution in [3.63, 3.8) is 0 Å². The van der Waals surface area contributed by atoms with E-state index in [4.69, 9.17) is 10.7 Å². The van der Waals surface area contributed by atoms with Crippen LogP contribution in [0.2, 0.25) is 0 Å². The van der Waals surface area contributed by atoms with Crippen molar-refractivity contribution < 1.29 is 4.79 Å². The minimum absolute atomic E-state index is 0.252. The van der Waals surface area contributed by atoms with E-state index in [0.29, 0.717) is 16.0 Å². The van der Waals surface area contributed by atoms with E-state index in [-0.39, 0.29) is 5.56 Å². The van der Waals surface area contributed by atoms with Crippen molar-refractivity contribution in [3.8, 4) is 22.5 Å². The second-order valence-corrected chi connectivity index (χ2v) is 8.56. The zero-order valence-electron chi connectivity index (χ0n) is 17.4. The van der Waals surface area contributed by atoms with Gasteiger partial charge in [-0.2, -0.15) is 0 Å². The molecule has 0 aliphatic carbocycles. The van der Waals surface area contributed by atoms with Gasteiger partial charge in [0.15, 0.2) is 0 Å². The predicted octanol–water partition coefficient (Wildman–Crippen LogP) is 4.76. The van der Waals surface area contributed by atoms with Gasteiger partial charge in [-0.3, -0.25) is 14.2 Å². The van der Waals surface area contributed by atoms with E-state index >= 15 is 0 Å². The molecule has 0 saturated carbocycles. The maximum Gasteiger partial charge on any atom is 0.263 e. The number of thiophene rings is 1. The van der Waals surface area contributed by atoms with Gasteiger partial charge in [0.25, 0.3) is 5.56 Å². The topological polar surface area (TPSA) is 78.0 Å². The van der Waals surface area contributed by atoms with Gasteiger partial charge < -0.3 is 5.73 Å². The summed E-state index contributed by atoms with van der Waals surface area (Å²) in [7, 11) is 0. The van der Waals surface area contributed by atoms with Crippen molar-refractivity contribution in [2.45, 2.75) is 33.7 Å². The molecule has 2 aromatic heterocycles. The van der Waals surface area contributed by atoms with Crippen molar-refractivity contribution in [2.24, 2.45) is 5.73 Å². The molecule has 1 unspecified atom stereocenters. The van der Waals surface area contributed by atoms with Crippen LogP contribution in [0.3, 0.4) is 0 Å². The van der Waals surface area contributed by atoms with Crippen molar-refractivity contribution in [1.82, 2.24) is 9.55 Å². The van der Waals surface area contributed by atoms with Gasteiger partial charge in [0, 0.05) is 16.5 Å². The molecule has 0 bridgehead atoms. The van der Waals surface area contributed by atoms with Crippen LogP contribution in [0.15, 0.2) is 52.6 Å². The zero-order chi connectivity index (χ0) is 21.6. The van der Waals surface area contributed by atoms with Crippen LogP contribution in [0.25, 0.3) is 32.7 Å². The van der Waals surface area contributed by atoms with E-state index in [2.05, 4.69) is 6.07 Å². The quantitative estimate of drug-likeness (QED) is 0.520. The number of hydrogen-bond acceptors (Lipinski definition) is 4. The average molecular weight is 418 g/mol. The number of nitrogens with zero attached hydrogens (tertiary/aromatic N) is 2. The van der Waals surface area contributed by atoms with E-state index < -0.39 is 11.9 Å². The molecule has 5 nitrogen and oxygen atoms in total. The Bertz CT molecular complexity index is 1330. The average Bonchev–Trinajstić information content (AvgIpc) is 3.12. The number of nitrogens with two attached hydrogens (primary N) is 1. The van der Waals surface area contributed by atoms with Crippen LogP contribution in [0, 0.1) is 20.8 Å². The smallest absolute Gasteiger partial charge is 0.263 e. The Hall–Kier alpha value is -3.25. The third-order valence-electron chi connectivity index (χ3n) is 5.42. The minimum atomic E-state index is -0.822. The van der Waals surface area contributed by atoms with Crippen LogP contribution in [-0.4, -0.2) is 15.5 Å². The highest BCUT2D eigenvalue weighted by Crippen LogP contribution is 2.35. The Morgan fingerprint density at radius 2 is 1.70 bits per heavy atom. The first-order valence-electron chi connectivity index (χ1n) is 9.75. The van der Waals surface area contributed by atoms with Gasteiger partial charge in [0.2, 0.25) is 5.91 Å². The van der Waals surface area contributed by atoms with Gasteiger partial charge >= 0.3 is 0 Å². The predicted molar refractivity (Wildman–Crippen MR) is 123 cm³/mol. The Kier molecular flexibility index (Phi) is 5.03. The minimum Gasteiger partial charge on any atom is -0.368 e. The third-order valence-corrected chi connectivity index (χ3v) is 6.29. The highest BCUT2D eigenvalue weighted by atomic mass is 32.1. The number of rotatable bonds is 4. The molecule has 0 aliphatic rings. The highest BCUT2D eigenvalue weighted by molar-refractivity contribution is 7.17. The Morgan fingerprint density at radius 3 is 2.33 bits per heavy atom. The van der Waals surface area contributed by atoms with E-state index in [1.165, 1.54) is 15.9 Å². The molecule has 1 atom stereocenters. The largest absolute Gasteiger partial charge is 0.368 e. The second-order valence-electron chi connectivity index (χ2n) is 7.70. The first-order chi connectivity index (χ1) is 14.3. The van der Waals surface area contributed by atoms with E-state index in [1.54, 1.807) is 6.92 Å². The lowest BCUT2D eigenvalue weighted by Crippen LogP contribution is -2.33. The summed E-state index contributed by atoms with van der Waals surface area (Å²) in [6.07, 6.45) is 0. The summed E-state index contributed by atoms with van der Waals surface area (Å²) >= 11 is 1.44. The standard InChI is InChI=1S/C24H23N3O2S/c1-13-5-8-17(9-6-13)22-26-23-20(24(29)27(22)16(4)21(25)28)19(12-30-23)18-10-7-14(2)11-15(18)3/h5-12,16H,1-4H3,(H2,25,28). The number of hydrogen-bond donors (Lipinski definition) is 1. The molecule has 152 valence electrons. The van der Waals surface area contributed by atoms with Crippen LogP contribution in [0.5, 0.6) is 0 Å². The summed E-state index contributed by atoms with van der Waals surface area (Å²) in [5, 5.41) is 2.49. The van der Waals surface area contributed by atoms with Crippen LogP contribution < -0.4 is 11.3 Å². The summed E-state index contributed by atoms with van der Waals surface area (Å²) in [5.74, 6) is -0.122. The van der Waals surface area contributed by atoms with Crippen LogP contribution in [0.1, 0.15) is 29.7 Å². The van der Waals surface area contributed by atoms with Crippen LogP contribution >= 0.6 is 11.3 Å². The maximum atomic E-state index is 13.7. The summed E-state index contributed by atoms with van der Waals surface area (Å²) < 4.78 is 1.43. The van der Waals surface area contributed by atoms with Crippen LogP contribution in [0.4, 0.5) is 0 Å². The fourth-order valence-corrected chi connectivity index (χ4v) is 4.64. The SMILES string of the molecule is Cc1ccc(-c2nc3scc(-c4ccc(C)cc4C)c3c(=O)n2C(C)C(N)=O)cc1. The Labute approximate surface area is 178 Å². The van der Waals surface area contributed by atoms with Crippen molar-refractivity contribution in [3.05, 3.63) is 74.9 Å². The number of carbonyl (C=O) groups excluding carboxylic acids is 1. The van der Waals surface area contributed by atoms with E-state index in [1.807, 2.05) is 62.5 Å². The van der Waals surface area contributed by atoms with Crippen molar-refractivity contribution >= 4 is 27.5 Å². The van der Waals surface area contributed by atoms with Gasteiger partial charge in [-0.1, -0.05) is 53.6 Å². The molecule has 2 N–H and O–H groups in total. The maximum absolute atomic E-state index is 13.7. The molecule has 2 heterocycles. The second kappa shape index (κ2) is 7.54. The van der Waals surface area contributed by atoms with E-state index in [0.717, 1.165) is 33.4 Å². The first kappa shape index (κ1) is 20.0. The number of fused-ring (bicyclic) bond motifs is 1. The lowest BCUT2D eigenvalue weighted by Gasteiger charge is -2.17. The third kappa shape index (κ3) is 3.33. The summed E-state index contributed by atoms with van der Waals surface area (Å²) in [5.41, 5.74) is 11.3. The molecular formula is C24H23N3O2S. The molecule has 0 aliphatic heterocycles. The molecule has 2 aromatic carbocycles. The van der Waals surface area contributed by atoms with Crippen molar-refractivity contribution in [2.75, 3.05) is 0 Å². The molecule has 6 heteroatoms. The number of aromatic nitrogens is 2. The first-order valence-corrected chi connectivity index (χ1v) is 10.6. The van der Waals surface area contributed by atoms with E-state index in [9.17, 15) is 9.59 Å². The van der Waals surface area contributed by atoms with Gasteiger partial charge in [-0.05, 0) is 38.8 Å². The number of carbonyl (C=O) groups is 1. The Balaban J connectivity index is 2.06. The van der Waals surface area contributed by atoms with Gasteiger partial charge in [0.1, 0.15) is 16.7 Å². The zero-order valence-corrected chi connectivity index (χ0v) is 18.2. The number of aryl methyl sites for hydroxylation is 3. The molecule has 0 fully saturated rings. The molecule has 4 aromatic rings. The number of benzene rings is 2. The van der Waals surface area contributed by atoms with Crippen molar-refractivity contribution in [1.29, 1.82) is 0 Å². The van der Waals surface area contributed by atoms with Gasteiger partial charge in [0.05, 0.1) is 5.39 Å². The summed E-state index contributed by atoms with van der Waals surface area (Å²) in [6, 6.07) is 13.1. The fraction of sp³-hybridized carbons (Fsp3) is 0.208. The monoisotopic (exact) mass is 417 g/mol. The highest BCUT2D eigenvalue weighted by Gasteiger charge is 2.24. The summed E-state index contributed by atoms with van der Waals surface area (Å²) in [4.78, 5) is 31.2. The van der Waals surface area contributed by atoms with Crippen LogP contribution in [-0.2, 0) is 4.79 Å². The normalized spacial score (nSPS) is 12.3. The molecule has 1 amide bonds. The molecule has 30 heavy (non-hydrogen) atoms. The lowest BCUT2D eigenvalue weighted by molar-refractivity contribution is -0.120. The van der Waals surface area contributed by atoms with Gasteiger partial charge in [-0.25, -0.2) is 4.98 Å². The fourth-order valence-electron chi connectivity index (χ4n) is 3.71. The number of amides is 1. The molecule has 0 spiro atoms. The summed E-state index contributed by atoms with van der Waals surface area (Å²) in [6.45, 7) is 7.71. The molecule has 0 radical (unpaired) electrons. The molecular weight excluding hydrogens is 394 g/mol. The van der Waals surface area contributed by atoms with Gasteiger partial charge in [-0.15, -0.1) is 11.3 Å². The lowest BCUT2D eigenvalue weighted by atomic mass is 9.99. The molecule has 0 saturated heterocycles. The number of primary amides is 1.